The topological polar surface area (TPSA) is 81.0 Å². The van der Waals surface area contributed by atoms with Crippen LogP contribution in [0.2, 0.25) is 5.02 Å². The van der Waals surface area contributed by atoms with Crippen LogP contribution >= 0.6 is 22.9 Å². The van der Waals surface area contributed by atoms with Crippen molar-refractivity contribution in [1.29, 1.82) is 0 Å². The maximum atomic E-state index is 12.7. The van der Waals surface area contributed by atoms with Crippen LogP contribution in [0.3, 0.4) is 0 Å². The quantitative estimate of drug-likeness (QED) is 0.660. The molecule has 9 heteroatoms. The summed E-state index contributed by atoms with van der Waals surface area (Å²) < 4.78 is 3.20. The molecule has 1 saturated carbocycles. The summed E-state index contributed by atoms with van der Waals surface area (Å²) in [4.78, 5) is 25.7. The molecule has 0 bridgehead atoms. The molecule has 3 aromatic rings. The molecular weight excluding hydrogens is 386 g/mol. The maximum Gasteiger partial charge on any atom is 0.346 e. The largest absolute Gasteiger partial charge is 0.346 e. The molecule has 27 heavy (non-hydrogen) atoms. The number of carbonyl (C=O) groups excluding carboxylic acids is 1. The van der Waals surface area contributed by atoms with Crippen molar-refractivity contribution in [2.45, 2.75) is 25.4 Å². The number of nitrogens with zero attached hydrogens (tertiary/aromatic N) is 3. The number of hydrogen-bond donors (Lipinski definition) is 2. The van der Waals surface area contributed by atoms with Gasteiger partial charge < -0.3 is 10.6 Å². The summed E-state index contributed by atoms with van der Waals surface area (Å²) in [6.45, 7) is 0.607. The van der Waals surface area contributed by atoms with Gasteiger partial charge in [-0.25, -0.2) is 14.3 Å². The lowest BCUT2D eigenvalue weighted by Gasteiger charge is -2.07. The van der Waals surface area contributed by atoms with Gasteiger partial charge in [0.15, 0.2) is 5.82 Å². The van der Waals surface area contributed by atoms with Crippen molar-refractivity contribution in [1.82, 2.24) is 19.7 Å². The molecule has 0 aliphatic heterocycles. The van der Waals surface area contributed by atoms with Crippen LogP contribution < -0.4 is 16.3 Å². The minimum atomic E-state index is -0.342. The first-order chi connectivity index (χ1) is 13.1. The second-order valence-corrected chi connectivity index (χ2v) is 7.68. The first-order valence-electron chi connectivity index (χ1n) is 8.65. The minimum absolute atomic E-state index is 0.124. The van der Waals surface area contributed by atoms with Crippen LogP contribution in [0.4, 0.5) is 10.5 Å². The van der Waals surface area contributed by atoms with Gasteiger partial charge in [0, 0.05) is 23.3 Å². The number of anilines is 1. The molecule has 2 heterocycles. The van der Waals surface area contributed by atoms with Gasteiger partial charge in [0.2, 0.25) is 0 Å². The standard InChI is InChI=1S/C18H18ClN5O2S/c19-12-3-5-13(6-4-12)21-17(25)20-9-10-23-18(26)24(14-7-8-14)16(22-23)15-2-1-11-27-15/h1-6,11,14H,7-10H2,(H2,20,21,25). The van der Waals surface area contributed by atoms with Gasteiger partial charge in [0.05, 0.1) is 11.4 Å². The van der Waals surface area contributed by atoms with E-state index in [1.165, 1.54) is 4.68 Å². The fourth-order valence-corrected chi connectivity index (χ4v) is 3.62. The Hall–Kier alpha value is -2.58. The number of thiophene rings is 1. The van der Waals surface area contributed by atoms with Crippen LogP contribution in [0.25, 0.3) is 10.7 Å². The molecule has 0 radical (unpaired) electrons. The Morgan fingerprint density at radius 1 is 1.26 bits per heavy atom. The van der Waals surface area contributed by atoms with Gasteiger partial charge in [0.25, 0.3) is 0 Å². The number of amides is 2. The number of carbonyl (C=O) groups is 1. The van der Waals surface area contributed by atoms with Crippen LogP contribution in [-0.4, -0.2) is 26.9 Å². The molecule has 1 aromatic carbocycles. The van der Waals surface area contributed by atoms with E-state index in [0.717, 1.165) is 17.7 Å². The molecule has 1 aliphatic carbocycles. The normalized spacial score (nSPS) is 13.5. The summed E-state index contributed by atoms with van der Waals surface area (Å²) in [7, 11) is 0. The van der Waals surface area contributed by atoms with E-state index in [4.69, 9.17) is 11.6 Å². The molecule has 2 amide bonds. The number of halogens is 1. The van der Waals surface area contributed by atoms with Crippen molar-refractivity contribution >= 4 is 34.7 Å². The van der Waals surface area contributed by atoms with Gasteiger partial charge in [-0.2, -0.15) is 0 Å². The summed E-state index contributed by atoms with van der Waals surface area (Å²) in [6, 6.07) is 10.7. The lowest BCUT2D eigenvalue weighted by atomic mass is 10.3. The molecule has 1 fully saturated rings. The van der Waals surface area contributed by atoms with Gasteiger partial charge in [-0.15, -0.1) is 16.4 Å². The van der Waals surface area contributed by atoms with Crippen molar-refractivity contribution in [2.24, 2.45) is 0 Å². The number of aromatic nitrogens is 3. The van der Waals surface area contributed by atoms with E-state index < -0.39 is 0 Å². The average molecular weight is 404 g/mol. The zero-order chi connectivity index (χ0) is 18.8. The highest BCUT2D eigenvalue weighted by Gasteiger charge is 2.30. The van der Waals surface area contributed by atoms with Crippen molar-refractivity contribution in [3.8, 4) is 10.7 Å². The number of benzene rings is 1. The maximum absolute atomic E-state index is 12.7. The Bertz CT molecular complexity index is 990. The van der Waals surface area contributed by atoms with Crippen molar-refractivity contribution in [2.75, 3.05) is 11.9 Å². The molecule has 4 rings (SSSR count). The van der Waals surface area contributed by atoms with Crippen molar-refractivity contribution in [3.05, 3.63) is 57.3 Å². The van der Waals surface area contributed by atoms with E-state index in [1.54, 1.807) is 40.2 Å². The molecule has 0 saturated heterocycles. The van der Waals surface area contributed by atoms with Crippen LogP contribution in [0.15, 0.2) is 46.6 Å². The lowest BCUT2D eigenvalue weighted by molar-refractivity contribution is 0.251. The number of hydrogen-bond acceptors (Lipinski definition) is 4. The first kappa shape index (κ1) is 17.8. The second kappa shape index (κ2) is 7.58. The van der Waals surface area contributed by atoms with E-state index in [2.05, 4.69) is 15.7 Å². The first-order valence-corrected chi connectivity index (χ1v) is 9.91. The Labute approximate surface area is 164 Å². The van der Waals surface area contributed by atoms with Crippen LogP contribution in [0.5, 0.6) is 0 Å². The molecule has 140 valence electrons. The highest BCUT2D eigenvalue weighted by Crippen LogP contribution is 2.37. The smallest absolute Gasteiger partial charge is 0.336 e. The Morgan fingerprint density at radius 3 is 2.70 bits per heavy atom. The van der Waals surface area contributed by atoms with Gasteiger partial charge in [-0.05, 0) is 48.6 Å². The van der Waals surface area contributed by atoms with Gasteiger partial charge in [0.1, 0.15) is 0 Å². The third-order valence-corrected chi connectivity index (χ3v) is 5.35. The Balaban J connectivity index is 1.40. The van der Waals surface area contributed by atoms with Crippen molar-refractivity contribution in [3.63, 3.8) is 0 Å². The van der Waals surface area contributed by atoms with E-state index in [-0.39, 0.29) is 17.8 Å². The van der Waals surface area contributed by atoms with Crippen LogP contribution in [0, 0.1) is 0 Å². The summed E-state index contributed by atoms with van der Waals surface area (Å²) in [6.07, 6.45) is 2.01. The van der Waals surface area contributed by atoms with Crippen LogP contribution in [0.1, 0.15) is 18.9 Å². The number of nitrogens with one attached hydrogen (secondary N) is 2. The summed E-state index contributed by atoms with van der Waals surface area (Å²) in [5.41, 5.74) is 0.521. The molecule has 2 aromatic heterocycles. The van der Waals surface area contributed by atoms with E-state index in [1.807, 2.05) is 17.5 Å². The minimum Gasteiger partial charge on any atom is -0.336 e. The van der Waals surface area contributed by atoms with Gasteiger partial charge in [-0.1, -0.05) is 17.7 Å². The molecule has 2 N–H and O–H groups in total. The van der Waals surface area contributed by atoms with Crippen LogP contribution in [-0.2, 0) is 6.54 Å². The summed E-state index contributed by atoms with van der Waals surface area (Å²) in [5.74, 6) is 0.711. The molecule has 7 nitrogen and oxygen atoms in total. The average Bonchev–Trinajstić information content (AvgIpc) is 3.22. The monoisotopic (exact) mass is 403 g/mol. The fraction of sp³-hybridized carbons (Fsp3) is 0.278. The third-order valence-electron chi connectivity index (χ3n) is 4.24. The Kier molecular flexibility index (Phi) is 5.00. The second-order valence-electron chi connectivity index (χ2n) is 6.30. The van der Waals surface area contributed by atoms with Crippen molar-refractivity contribution < 1.29 is 4.79 Å². The fourth-order valence-electron chi connectivity index (χ4n) is 2.79. The molecule has 1 aliphatic rings. The number of urea groups is 1. The molecule has 0 atom stereocenters. The zero-order valence-corrected chi connectivity index (χ0v) is 16.0. The predicted octanol–water partition coefficient (Wildman–Crippen LogP) is 3.58. The SMILES string of the molecule is O=C(NCCn1nc(-c2cccs2)n(C2CC2)c1=O)Nc1ccc(Cl)cc1. The lowest BCUT2D eigenvalue weighted by Crippen LogP contribution is -2.34. The highest BCUT2D eigenvalue weighted by atomic mass is 35.5. The molecular formula is C18H18ClN5O2S. The predicted molar refractivity (Wildman–Crippen MR) is 107 cm³/mol. The van der Waals surface area contributed by atoms with Gasteiger partial charge in [-0.3, -0.25) is 4.57 Å². The Morgan fingerprint density at radius 2 is 2.04 bits per heavy atom. The van der Waals surface area contributed by atoms with Gasteiger partial charge >= 0.3 is 11.7 Å². The molecule has 0 unspecified atom stereocenters. The van der Waals surface area contributed by atoms with E-state index in [9.17, 15) is 9.59 Å². The zero-order valence-electron chi connectivity index (χ0n) is 14.4. The highest BCUT2D eigenvalue weighted by molar-refractivity contribution is 7.13. The summed E-state index contributed by atoms with van der Waals surface area (Å²) in [5, 5.41) is 12.5. The third kappa shape index (κ3) is 4.06. The molecule has 0 spiro atoms. The van der Waals surface area contributed by atoms with E-state index >= 15 is 0 Å². The summed E-state index contributed by atoms with van der Waals surface area (Å²) >= 11 is 7.39. The van der Waals surface area contributed by atoms with E-state index in [0.29, 0.717) is 29.6 Å². The number of rotatable bonds is 6.